The standard InChI is InChI=1S/C19H23N3O3/c1-13(21-18(23)9-14-5-2-3-6-14)19(24)22-16-8-4-7-15(10-16)17-11-20-12-25-17/h4,7-8,10-14H,2-3,5-6,9H2,1H3,(H,21,23)(H,22,24)/t13-/m1/s1. The Labute approximate surface area is 147 Å². The zero-order valence-corrected chi connectivity index (χ0v) is 14.3. The van der Waals surface area contributed by atoms with Gasteiger partial charge in [-0.05, 0) is 37.8 Å². The van der Waals surface area contributed by atoms with Gasteiger partial charge in [0.2, 0.25) is 11.8 Å². The van der Waals surface area contributed by atoms with Crippen molar-refractivity contribution >= 4 is 17.5 Å². The van der Waals surface area contributed by atoms with E-state index >= 15 is 0 Å². The first-order chi connectivity index (χ1) is 12.1. The van der Waals surface area contributed by atoms with Gasteiger partial charge in [-0.1, -0.05) is 25.0 Å². The topological polar surface area (TPSA) is 84.2 Å². The van der Waals surface area contributed by atoms with Crippen LogP contribution in [0.5, 0.6) is 0 Å². The van der Waals surface area contributed by atoms with Crippen LogP contribution < -0.4 is 10.6 Å². The third-order valence-corrected chi connectivity index (χ3v) is 4.57. The second-order valence-corrected chi connectivity index (χ2v) is 6.58. The lowest BCUT2D eigenvalue weighted by atomic mass is 10.0. The fourth-order valence-electron chi connectivity index (χ4n) is 3.20. The molecular formula is C19H23N3O3. The third kappa shape index (κ3) is 4.68. The van der Waals surface area contributed by atoms with Crippen molar-refractivity contribution in [2.45, 2.75) is 45.1 Å². The molecule has 25 heavy (non-hydrogen) atoms. The van der Waals surface area contributed by atoms with Gasteiger partial charge in [-0.25, -0.2) is 4.98 Å². The second kappa shape index (κ2) is 7.96. The molecule has 2 N–H and O–H groups in total. The smallest absolute Gasteiger partial charge is 0.246 e. The van der Waals surface area contributed by atoms with Crippen molar-refractivity contribution < 1.29 is 14.0 Å². The van der Waals surface area contributed by atoms with Crippen LogP contribution in [0.3, 0.4) is 0 Å². The summed E-state index contributed by atoms with van der Waals surface area (Å²) in [5, 5.41) is 5.62. The molecule has 1 aromatic heterocycles. The van der Waals surface area contributed by atoms with E-state index in [1.54, 1.807) is 19.2 Å². The van der Waals surface area contributed by atoms with E-state index in [4.69, 9.17) is 4.42 Å². The number of oxazole rings is 1. The van der Waals surface area contributed by atoms with E-state index in [-0.39, 0.29) is 11.8 Å². The minimum absolute atomic E-state index is 0.0510. The maximum Gasteiger partial charge on any atom is 0.246 e. The van der Waals surface area contributed by atoms with Crippen molar-refractivity contribution in [1.82, 2.24) is 10.3 Å². The fourth-order valence-corrected chi connectivity index (χ4v) is 3.20. The molecule has 6 nitrogen and oxygen atoms in total. The number of anilines is 1. The molecule has 1 aliphatic carbocycles. The van der Waals surface area contributed by atoms with Crippen molar-refractivity contribution in [3.05, 3.63) is 36.9 Å². The summed E-state index contributed by atoms with van der Waals surface area (Å²) in [6, 6.07) is 6.73. The van der Waals surface area contributed by atoms with Gasteiger partial charge in [0.25, 0.3) is 0 Å². The number of benzene rings is 1. The summed E-state index contributed by atoms with van der Waals surface area (Å²) in [5.74, 6) is 0.808. The van der Waals surface area contributed by atoms with Gasteiger partial charge >= 0.3 is 0 Å². The van der Waals surface area contributed by atoms with Crippen LogP contribution in [0, 0.1) is 5.92 Å². The predicted molar refractivity (Wildman–Crippen MR) is 94.7 cm³/mol. The number of aromatic nitrogens is 1. The second-order valence-electron chi connectivity index (χ2n) is 6.58. The maximum absolute atomic E-state index is 12.3. The summed E-state index contributed by atoms with van der Waals surface area (Å²) in [4.78, 5) is 28.3. The summed E-state index contributed by atoms with van der Waals surface area (Å²) in [7, 11) is 0. The van der Waals surface area contributed by atoms with Crippen LogP contribution in [0.15, 0.2) is 41.3 Å². The van der Waals surface area contributed by atoms with Crippen LogP contribution in [-0.2, 0) is 9.59 Å². The number of carbonyl (C=O) groups excluding carboxylic acids is 2. The lowest BCUT2D eigenvalue weighted by molar-refractivity contribution is -0.126. The first-order valence-corrected chi connectivity index (χ1v) is 8.71. The van der Waals surface area contributed by atoms with Crippen molar-refractivity contribution in [3.63, 3.8) is 0 Å². The molecule has 1 aliphatic rings. The molecule has 0 bridgehead atoms. The average Bonchev–Trinajstić information content (AvgIpc) is 3.28. The Bertz CT molecular complexity index is 721. The Morgan fingerprint density at radius 1 is 1.32 bits per heavy atom. The number of rotatable bonds is 6. The number of hydrogen-bond donors (Lipinski definition) is 2. The van der Waals surface area contributed by atoms with Gasteiger partial charge in [0.15, 0.2) is 12.2 Å². The van der Waals surface area contributed by atoms with Gasteiger partial charge in [0.1, 0.15) is 6.04 Å². The molecule has 1 aromatic carbocycles. The summed E-state index contributed by atoms with van der Waals surface area (Å²) >= 11 is 0. The quantitative estimate of drug-likeness (QED) is 0.844. The van der Waals surface area contributed by atoms with Crippen molar-refractivity contribution in [2.24, 2.45) is 5.92 Å². The molecule has 132 valence electrons. The highest BCUT2D eigenvalue weighted by atomic mass is 16.3. The summed E-state index contributed by atoms with van der Waals surface area (Å²) in [5.41, 5.74) is 1.48. The van der Waals surface area contributed by atoms with Crippen LogP contribution >= 0.6 is 0 Å². The number of nitrogens with zero attached hydrogens (tertiary/aromatic N) is 1. The lowest BCUT2D eigenvalue weighted by Gasteiger charge is -2.16. The first kappa shape index (κ1) is 17.2. The molecule has 0 saturated heterocycles. The highest BCUT2D eigenvalue weighted by molar-refractivity contribution is 5.97. The molecule has 0 aliphatic heterocycles. The summed E-state index contributed by atoms with van der Waals surface area (Å²) in [6.45, 7) is 1.70. The molecule has 0 unspecified atom stereocenters. The fraction of sp³-hybridized carbons (Fsp3) is 0.421. The Kier molecular flexibility index (Phi) is 5.48. The van der Waals surface area contributed by atoms with Gasteiger partial charge < -0.3 is 15.1 Å². The van der Waals surface area contributed by atoms with E-state index < -0.39 is 6.04 Å². The van der Waals surface area contributed by atoms with Crippen LogP contribution in [0.25, 0.3) is 11.3 Å². The predicted octanol–water partition coefficient (Wildman–Crippen LogP) is 3.37. The molecule has 3 rings (SSSR count). The normalized spacial score (nSPS) is 15.7. The minimum atomic E-state index is -0.581. The molecule has 2 aromatic rings. The van der Waals surface area contributed by atoms with E-state index in [1.165, 1.54) is 19.2 Å². The van der Waals surface area contributed by atoms with Crippen LogP contribution in [0.1, 0.15) is 39.0 Å². The van der Waals surface area contributed by atoms with E-state index in [0.29, 0.717) is 23.8 Å². The van der Waals surface area contributed by atoms with Gasteiger partial charge in [-0.3, -0.25) is 9.59 Å². The van der Waals surface area contributed by atoms with Crippen LogP contribution in [0.2, 0.25) is 0 Å². The van der Waals surface area contributed by atoms with Gasteiger partial charge in [0.05, 0.1) is 6.20 Å². The zero-order chi connectivity index (χ0) is 17.6. The summed E-state index contributed by atoms with van der Waals surface area (Å²) < 4.78 is 5.26. The minimum Gasteiger partial charge on any atom is -0.444 e. The van der Waals surface area contributed by atoms with Crippen LogP contribution in [0.4, 0.5) is 5.69 Å². The number of hydrogen-bond acceptors (Lipinski definition) is 4. The zero-order valence-electron chi connectivity index (χ0n) is 14.3. The molecule has 0 radical (unpaired) electrons. The molecule has 0 spiro atoms. The molecule has 6 heteroatoms. The van der Waals surface area contributed by atoms with Gasteiger partial charge in [-0.2, -0.15) is 0 Å². The Morgan fingerprint density at radius 2 is 2.12 bits per heavy atom. The third-order valence-electron chi connectivity index (χ3n) is 4.57. The number of amides is 2. The van der Waals surface area contributed by atoms with Crippen molar-refractivity contribution in [1.29, 1.82) is 0 Å². The molecule has 1 heterocycles. The van der Waals surface area contributed by atoms with Gasteiger partial charge in [-0.15, -0.1) is 0 Å². The number of carbonyl (C=O) groups is 2. The van der Waals surface area contributed by atoms with Gasteiger partial charge in [0, 0.05) is 17.7 Å². The highest BCUT2D eigenvalue weighted by Crippen LogP contribution is 2.27. The SMILES string of the molecule is C[C@@H](NC(=O)CC1CCCC1)C(=O)Nc1cccc(-c2cnco2)c1. The lowest BCUT2D eigenvalue weighted by Crippen LogP contribution is -2.42. The Hall–Kier alpha value is -2.63. The number of nitrogens with one attached hydrogen (secondary N) is 2. The van der Waals surface area contributed by atoms with E-state index in [2.05, 4.69) is 15.6 Å². The van der Waals surface area contributed by atoms with Crippen molar-refractivity contribution in [2.75, 3.05) is 5.32 Å². The molecule has 1 atom stereocenters. The molecule has 1 saturated carbocycles. The van der Waals surface area contributed by atoms with Crippen LogP contribution in [-0.4, -0.2) is 22.8 Å². The van der Waals surface area contributed by atoms with E-state index in [9.17, 15) is 9.59 Å². The molecule has 1 fully saturated rings. The molecular weight excluding hydrogens is 318 g/mol. The van der Waals surface area contributed by atoms with E-state index in [1.807, 2.05) is 18.2 Å². The highest BCUT2D eigenvalue weighted by Gasteiger charge is 2.21. The maximum atomic E-state index is 12.3. The largest absolute Gasteiger partial charge is 0.444 e. The Morgan fingerprint density at radius 3 is 2.84 bits per heavy atom. The summed E-state index contributed by atoms with van der Waals surface area (Å²) in [6.07, 6.45) is 8.13. The molecule has 2 amide bonds. The average molecular weight is 341 g/mol. The Balaban J connectivity index is 1.54. The van der Waals surface area contributed by atoms with E-state index in [0.717, 1.165) is 18.4 Å². The van der Waals surface area contributed by atoms with Crippen molar-refractivity contribution in [3.8, 4) is 11.3 Å². The monoisotopic (exact) mass is 341 g/mol. The first-order valence-electron chi connectivity index (χ1n) is 8.71.